The van der Waals surface area contributed by atoms with Crippen LogP contribution in [0.5, 0.6) is 0 Å². The maximum Gasteiger partial charge on any atom is 0.225 e. The van der Waals surface area contributed by atoms with E-state index in [-0.39, 0.29) is 5.82 Å². The number of hydrogen-bond donors (Lipinski definition) is 2. The van der Waals surface area contributed by atoms with Crippen LogP contribution < -0.4 is 10.6 Å². The van der Waals surface area contributed by atoms with E-state index < -0.39 is 0 Å². The van der Waals surface area contributed by atoms with Crippen LogP contribution in [-0.2, 0) is 6.54 Å². The normalized spacial score (nSPS) is 15.0. The van der Waals surface area contributed by atoms with Gasteiger partial charge in [0.1, 0.15) is 11.6 Å². The summed E-state index contributed by atoms with van der Waals surface area (Å²) in [5.41, 5.74) is 2.13. The number of aromatic nitrogens is 2. The van der Waals surface area contributed by atoms with E-state index in [4.69, 9.17) is 0 Å². The van der Waals surface area contributed by atoms with Crippen molar-refractivity contribution in [2.45, 2.75) is 39.3 Å². The molecule has 1 fully saturated rings. The van der Waals surface area contributed by atoms with E-state index in [2.05, 4.69) is 27.5 Å². The van der Waals surface area contributed by atoms with Gasteiger partial charge in [0, 0.05) is 23.5 Å². The van der Waals surface area contributed by atoms with Crippen LogP contribution in [0.2, 0.25) is 0 Å². The SMILES string of the molecule is Cc1cccc(CNc2nc(N[C@H](C)C3CC3)c3ccccc3n2)c1F. The Labute approximate surface area is 152 Å². The van der Waals surface area contributed by atoms with Gasteiger partial charge in [0.05, 0.1) is 5.52 Å². The summed E-state index contributed by atoms with van der Waals surface area (Å²) in [6.07, 6.45) is 2.55. The van der Waals surface area contributed by atoms with Crippen molar-refractivity contribution in [1.29, 1.82) is 0 Å². The highest BCUT2D eigenvalue weighted by molar-refractivity contribution is 5.90. The van der Waals surface area contributed by atoms with Crippen LogP contribution in [-0.4, -0.2) is 16.0 Å². The first-order valence-electron chi connectivity index (χ1n) is 9.13. The monoisotopic (exact) mass is 350 g/mol. The van der Waals surface area contributed by atoms with Gasteiger partial charge in [-0.3, -0.25) is 0 Å². The van der Waals surface area contributed by atoms with Gasteiger partial charge in [-0.2, -0.15) is 4.98 Å². The van der Waals surface area contributed by atoms with Crippen molar-refractivity contribution < 1.29 is 4.39 Å². The van der Waals surface area contributed by atoms with Gasteiger partial charge < -0.3 is 10.6 Å². The van der Waals surface area contributed by atoms with E-state index in [1.165, 1.54) is 12.8 Å². The number of hydrogen-bond acceptors (Lipinski definition) is 4. The minimum Gasteiger partial charge on any atom is -0.367 e. The molecule has 134 valence electrons. The maximum atomic E-state index is 14.2. The fourth-order valence-corrected chi connectivity index (χ4v) is 3.21. The van der Waals surface area contributed by atoms with Crippen LogP contribution in [0.1, 0.15) is 30.9 Å². The summed E-state index contributed by atoms with van der Waals surface area (Å²) in [7, 11) is 0. The summed E-state index contributed by atoms with van der Waals surface area (Å²) in [6, 6.07) is 13.8. The van der Waals surface area contributed by atoms with Crippen molar-refractivity contribution in [3.63, 3.8) is 0 Å². The van der Waals surface area contributed by atoms with Gasteiger partial charge in [-0.05, 0) is 50.3 Å². The minimum absolute atomic E-state index is 0.179. The third-order valence-corrected chi connectivity index (χ3v) is 5.01. The Kier molecular flexibility index (Phi) is 4.45. The Morgan fingerprint density at radius 3 is 2.73 bits per heavy atom. The lowest BCUT2D eigenvalue weighted by atomic mass is 10.1. The van der Waals surface area contributed by atoms with Gasteiger partial charge in [-0.25, -0.2) is 9.37 Å². The van der Waals surface area contributed by atoms with E-state index in [1.54, 1.807) is 19.1 Å². The van der Waals surface area contributed by atoms with E-state index in [1.807, 2.05) is 30.3 Å². The van der Waals surface area contributed by atoms with Crippen molar-refractivity contribution in [3.8, 4) is 0 Å². The molecule has 0 saturated heterocycles. The smallest absolute Gasteiger partial charge is 0.225 e. The summed E-state index contributed by atoms with van der Waals surface area (Å²) in [4.78, 5) is 9.25. The van der Waals surface area contributed by atoms with Crippen molar-refractivity contribution in [3.05, 3.63) is 59.4 Å². The van der Waals surface area contributed by atoms with Crippen LogP contribution in [0.3, 0.4) is 0 Å². The van der Waals surface area contributed by atoms with Crippen molar-refractivity contribution in [2.75, 3.05) is 10.6 Å². The molecule has 2 N–H and O–H groups in total. The molecular weight excluding hydrogens is 327 g/mol. The molecule has 1 aliphatic carbocycles. The van der Waals surface area contributed by atoms with Gasteiger partial charge >= 0.3 is 0 Å². The topological polar surface area (TPSA) is 49.8 Å². The second-order valence-corrected chi connectivity index (χ2v) is 7.08. The molecule has 3 aromatic rings. The first-order chi connectivity index (χ1) is 12.6. The Balaban J connectivity index is 1.61. The number of para-hydroxylation sites is 1. The highest BCUT2D eigenvalue weighted by atomic mass is 19.1. The Bertz CT molecular complexity index is 936. The summed E-state index contributed by atoms with van der Waals surface area (Å²) >= 11 is 0. The minimum atomic E-state index is -0.179. The molecule has 0 amide bonds. The summed E-state index contributed by atoms with van der Waals surface area (Å²) in [5, 5.41) is 7.72. The molecule has 0 spiro atoms. The van der Waals surface area contributed by atoms with Crippen LogP contribution in [0.15, 0.2) is 42.5 Å². The molecule has 4 nitrogen and oxygen atoms in total. The molecule has 26 heavy (non-hydrogen) atoms. The number of anilines is 2. The molecule has 1 aromatic heterocycles. The van der Waals surface area contributed by atoms with E-state index in [0.717, 1.165) is 22.6 Å². The molecule has 0 bridgehead atoms. The van der Waals surface area contributed by atoms with Gasteiger partial charge in [0.15, 0.2) is 0 Å². The van der Waals surface area contributed by atoms with Crippen molar-refractivity contribution in [2.24, 2.45) is 5.92 Å². The lowest BCUT2D eigenvalue weighted by Gasteiger charge is -2.16. The van der Waals surface area contributed by atoms with Gasteiger partial charge in [-0.1, -0.05) is 30.3 Å². The molecule has 2 aromatic carbocycles. The highest BCUT2D eigenvalue weighted by Crippen LogP contribution is 2.34. The van der Waals surface area contributed by atoms with Crippen LogP contribution in [0, 0.1) is 18.7 Å². The predicted molar refractivity (Wildman–Crippen MR) is 104 cm³/mol. The van der Waals surface area contributed by atoms with E-state index in [9.17, 15) is 4.39 Å². The number of halogens is 1. The second-order valence-electron chi connectivity index (χ2n) is 7.08. The maximum absolute atomic E-state index is 14.2. The molecule has 0 radical (unpaired) electrons. The Morgan fingerprint density at radius 1 is 1.12 bits per heavy atom. The van der Waals surface area contributed by atoms with Gasteiger partial charge in [0.2, 0.25) is 5.95 Å². The van der Waals surface area contributed by atoms with Crippen LogP contribution in [0.4, 0.5) is 16.2 Å². The fraction of sp³-hybridized carbons (Fsp3) is 0.333. The van der Waals surface area contributed by atoms with E-state index >= 15 is 0 Å². The van der Waals surface area contributed by atoms with Crippen LogP contribution in [0.25, 0.3) is 10.9 Å². The summed E-state index contributed by atoms with van der Waals surface area (Å²) in [5.74, 6) is 1.89. The largest absolute Gasteiger partial charge is 0.367 e. The van der Waals surface area contributed by atoms with E-state index in [0.29, 0.717) is 29.7 Å². The van der Waals surface area contributed by atoms with Crippen molar-refractivity contribution >= 4 is 22.7 Å². The molecule has 1 atom stereocenters. The van der Waals surface area contributed by atoms with Gasteiger partial charge in [-0.15, -0.1) is 0 Å². The fourth-order valence-electron chi connectivity index (χ4n) is 3.21. The third kappa shape index (κ3) is 3.47. The number of rotatable bonds is 6. The van der Waals surface area contributed by atoms with Gasteiger partial charge in [0.25, 0.3) is 0 Å². The zero-order valence-electron chi connectivity index (χ0n) is 15.1. The lowest BCUT2D eigenvalue weighted by Crippen LogP contribution is -2.19. The molecule has 5 heteroatoms. The zero-order chi connectivity index (χ0) is 18.1. The average Bonchev–Trinajstić information content (AvgIpc) is 3.48. The first kappa shape index (κ1) is 16.8. The average molecular weight is 350 g/mol. The predicted octanol–water partition coefficient (Wildman–Crippen LogP) is 4.90. The molecule has 0 unspecified atom stereocenters. The van der Waals surface area contributed by atoms with Crippen LogP contribution >= 0.6 is 0 Å². The Morgan fingerprint density at radius 2 is 1.92 bits per heavy atom. The van der Waals surface area contributed by atoms with Crippen molar-refractivity contribution in [1.82, 2.24) is 9.97 Å². The molecule has 4 rings (SSSR count). The number of fused-ring (bicyclic) bond motifs is 1. The second kappa shape index (κ2) is 6.90. The highest BCUT2D eigenvalue weighted by Gasteiger charge is 2.28. The number of nitrogens with one attached hydrogen (secondary N) is 2. The lowest BCUT2D eigenvalue weighted by molar-refractivity contribution is 0.603. The molecule has 1 aliphatic rings. The Hall–Kier alpha value is -2.69. The number of aryl methyl sites for hydroxylation is 1. The number of nitrogens with zero attached hydrogens (tertiary/aromatic N) is 2. The zero-order valence-corrected chi connectivity index (χ0v) is 15.1. The molecule has 1 heterocycles. The standard InChI is InChI=1S/C21H23FN4/c1-13-6-5-7-16(19(13)22)12-23-21-25-18-9-4-3-8-17(18)20(26-21)24-14(2)15-10-11-15/h3-9,14-15H,10-12H2,1-2H3,(H2,23,24,25,26)/t14-/m1/s1. The molecule has 0 aliphatic heterocycles. The first-order valence-corrected chi connectivity index (χ1v) is 9.13. The molecule has 1 saturated carbocycles. The quantitative estimate of drug-likeness (QED) is 0.664. The summed E-state index contributed by atoms with van der Waals surface area (Å²) in [6.45, 7) is 4.32. The third-order valence-electron chi connectivity index (χ3n) is 5.01. The number of benzene rings is 2. The summed E-state index contributed by atoms with van der Waals surface area (Å²) < 4.78 is 14.2. The molecular formula is C21H23FN4.